The first-order valence-electron chi connectivity index (χ1n) is 5.98. The Hall–Kier alpha value is -2.18. The number of allylic oxidation sites excluding steroid dienone is 2. The summed E-state index contributed by atoms with van der Waals surface area (Å²) in [5, 5.41) is 0.211. The van der Waals surface area contributed by atoms with Gasteiger partial charge in [0.15, 0.2) is 11.6 Å². The number of rotatable bonds is 2. The highest BCUT2D eigenvalue weighted by Gasteiger charge is 2.11. The van der Waals surface area contributed by atoms with Gasteiger partial charge >= 0.3 is 0 Å². The maximum atomic E-state index is 5.99. The standard InChI is InChI=1S/C15H10ClN3/c16-15-18-13(11-7-3-1-4-8-11)17-14(19-15)12-9-5-2-6-10-12/h1,3-4,7-8,10H,5,9H2. The number of hydrogen-bond donors (Lipinski definition) is 0. The molecule has 92 valence electrons. The van der Waals surface area contributed by atoms with Gasteiger partial charge in [0.05, 0.1) is 0 Å². The van der Waals surface area contributed by atoms with Gasteiger partial charge in [0, 0.05) is 17.6 Å². The first-order valence-corrected chi connectivity index (χ1v) is 6.35. The fourth-order valence-corrected chi connectivity index (χ4v) is 2.03. The fourth-order valence-electron chi connectivity index (χ4n) is 1.87. The maximum absolute atomic E-state index is 5.99. The number of halogens is 1. The Morgan fingerprint density at radius 2 is 1.79 bits per heavy atom. The number of hydrogen-bond acceptors (Lipinski definition) is 3. The molecule has 3 nitrogen and oxygen atoms in total. The average molecular weight is 268 g/mol. The third-order valence-electron chi connectivity index (χ3n) is 2.80. The minimum atomic E-state index is 0.211. The molecule has 0 unspecified atom stereocenters. The molecule has 0 N–H and O–H groups in total. The van der Waals surface area contributed by atoms with E-state index in [0.717, 1.165) is 24.0 Å². The predicted octanol–water partition coefficient (Wildman–Crippen LogP) is 3.37. The van der Waals surface area contributed by atoms with Crippen molar-refractivity contribution in [3.05, 3.63) is 47.5 Å². The van der Waals surface area contributed by atoms with Crippen molar-refractivity contribution < 1.29 is 0 Å². The highest BCUT2D eigenvalue weighted by Crippen LogP contribution is 2.22. The molecule has 1 aliphatic carbocycles. The second-order valence-electron chi connectivity index (χ2n) is 4.11. The van der Waals surface area contributed by atoms with Gasteiger partial charge in [-0.1, -0.05) is 42.2 Å². The van der Waals surface area contributed by atoms with Crippen LogP contribution in [0.1, 0.15) is 18.7 Å². The van der Waals surface area contributed by atoms with Crippen LogP contribution in [-0.2, 0) is 0 Å². The molecular weight excluding hydrogens is 258 g/mol. The summed E-state index contributed by atoms with van der Waals surface area (Å²) in [7, 11) is 0. The van der Waals surface area contributed by atoms with Crippen LogP contribution in [0.5, 0.6) is 0 Å². The highest BCUT2D eigenvalue weighted by atomic mass is 35.5. The fraction of sp³-hybridized carbons (Fsp3) is 0.133. The van der Waals surface area contributed by atoms with Gasteiger partial charge in [-0.05, 0) is 24.1 Å². The van der Waals surface area contributed by atoms with E-state index < -0.39 is 0 Å². The lowest BCUT2D eigenvalue weighted by Gasteiger charge is -2.07. The third-order valence-corrected chi connectivity index (χ3v) is 2.96. The number of nitrogens with zero attached hydrogens (tertiary/aromatic N) is 3. The first kappa shape index (κ1) is 11.9. The molecule has 1 aromatic heterocycles. The summed E-state index contributed by atoms with van der Waals surface area (Å²) in [4.78, 5) is 12.9. The summed E-state index contributed by atoms with van der Waals surface area (Å²) < 4.78 is 0. The maximum Gasteiger partial charge on any atom is 0.226 e. The van der Waals surface area contributed by atoms with Crippen LogP contribution in [0.25, 0.3) is 17.0 Å². The molecule has 0 radical (unpaired) electrons. The van der Waals surface area contributed by atoms with Crippen LogP contribution in [0.15, 0.2) is 36.4 Å². The molecule has 19 heavy (non-hydrogen) atoms. The van der Waals surface area contributed by atoms with Crippen LogP contribution >= 0.6 is 11.6 Å². The third kappa shape index (κ3) is 2.64. The molecule has 0 aliphatic heterocycles. The molecule has 0 spiro atoms. The second-order valence-corrected chi connectivity index (χ2v) is 4.45. The molecule has 1 heterocycles. The first-order chi connectivity index (χ1) is 9.33. The predicted molar refractivity (Wildman–Crippen MR) is 75.3 cm³/mol. The van der Waals surface area contributed by atoms with Crippen LogP contribution in [0.3, 0.4) is 0 Å². The van der Waals surface area contributed by atoms with E-state index in [4.69, 9.17) is 11.6 Å². The monoisotopic (exact) mass is 267 g/mol. The van der Waals surface area contributed by atoms with Crippen LogP contribution in [0.2, 0.25) is 5.28 Å². The summed E-state index contributed by atoms with van der Waals surface area (Å²) >= 11 is 5.99. The smallest absolute Gasteiger partial charge is 0.208 e. The van der Waals surface area contributed by atoms with E-state index in [1.165, 1.54) is 0 Å². The number of benzene rings is 1. The van der Waals surface area contributed by atoms with Gasteiger partial charge < -0.3 is 0 Å². The van der Waals surface area contributed by atoms with E-state index in [1.807, 2.05) is 36.4 Å². The van der Waals surface area contributed by atoms with Gasteiger partial charge in [0.1, 0.15) is 0 Å². The Morgan fingerprint density at radius 3 is 2.53 bits per heavy atom. The Kier molecular flexibility index (Phi) is 3.26. The minimum Gasteiger partial charge on any atom is -0.208 e. The van der Waals surface area contributed by atoms with Gasteiger partial charge in [-0.15, -0.1) is 0 Å². The lowest BCUT2D eigenvalue weighted by atomic mass is 10.1. The van der Waals surface area contributed by atoms with Crippen LogP contribution in [0, 0.1) is 11.8 Å². The molecular formula is C15H10ClN3. The van der Waals surface area contributed by atoms with Crippen molar-refractivity contribution in [2.24, 2.45) is 0 Å². The number of aromatic nitrogens is 3. The van der Waals surface area contributed by atoms with Crippen molar-refractivity contribution in [1.82, 2.24) is 15.0 Å². The largest absolute Gasteiger partial charge is 0.226 e. The van der Waals surface area contributed by atoms with Gasteiger partial charge in [0.2, 0.25) is 5.28 Å². The molecule has 1 aliphatic rings. The van der Waals surface area contributed by atoms with Gasteiger partial charge in [-0.25, -0.2) is 4.98 Å². The van der Waals surface area contributed by atoms with Crippen molar-refractivity contribution in [2.75, 3.05) is 0 Å². The molecule has 0 saturated heterocycles. The molecule has 0 amide bonds. The second kappa shape index (κ2) is 5.21. The summed E-state index contributed by atoms with van der Waals surface area (Å²) in [6, 6.07) is 9.73. The molecule has 3 rings (SSSR count). The van der Waals surface area contributed by atoms with Crippen LogP contribution in [0.4, 0.5) is 0 Å². The van der Waals surface area contributed by atoms with E-state index in [9.17, 15) is 0 Å². The molecule has 2 aromatic rings. The summed E-state index contributed by atoms with van der Waals surface area (Å²) in [6.45, 7) is 0. The summed E-state index contributed by atoms with van der Waals surface area (Å²) in [5.41, 5.74) is 1.94. The Balaban J connectivity index is 2.07. The van der Waals surface area contributed by atoms with Gasteiger partial charge in [-0.2, -0.15) is 9.97 Å². The molecule has 1 aromatic carbocycles. The van der Waals surface area contributed by atoms with E-state index in [1.54, 1.807) is 0 Å². The minimum absolute atomic E-state index is 0.211. The van der Waals surface area contributed by atoms with Crippen molar-refractivity contribution in [2.45, 2.75) is 12.8 Å². The van der Waals surface area contributed by atoms with E-state index in [2.05, 4.69) is 26.8 Å². The Labute approximate surface area is 116 Å². The van der Waals surface area contributed by atoms with Crippen molar-refractivity contribution in [3.8, 4) is 23.2 Å². The SMILES string of the molecule is Clc1nc(C2=CC#CCC2)nc(-c2ccccc2)n1. The van der Waals surface area contributed by atoms with E-state index in [-0.39, 0.29) is 5.28 Å². The zero-order valence-electron chi connectivity index (χ0n) is 10.1. The zero-order chi connectivity index (χ0) is 13.1. The van der Waals surface area contributed by atoms with Crippen molar-refractivity contribution >= 4 is 17.2 Å². The Morgan fingerprint density at radius 1 is 1.00 bits per heavy atom. The average Bonchev–Trinajstić information content (AvgIpc) is 2.48. The molecule has 4 heteroatoms. The van der Waals surface area contributed by atoms with Crippen LogP contribution < -0.4 is 0 Å². The molecule has 0 saturated carbocycles. The van der Waals surface area contributed by atoms with E-state index in [0.29, 0.717) is 11.6 Å². The summed E-state index contributed by atoms with van der Waals surface area (Å²) in [5.74, 6) is 7.18. The van der Waals surface area contributed by atoms with Crippen molar-refractivity contribution in [3.63, 3.8) is 0 Å². The highest BCUT2D eigenvalue weighted by molar-refractivity contribution is 6.28. The summed E-state index contributed by atoms with van der Waals surface area (Å²) in [6.07, 6.45) is 3.53. The lowest BCUT2D eigenvalue weighted by Crippen LogP contribution is -2.01. The van der Waals surface area contributed by atoms with Crippen molar-refractivity contribution in [1.29, 1.82) is 0 Å². The topological polar surface area (TPSA) is 38.7 Å². The van der Waals surface area contributed by atoms with Crippen LogP contribution in [-0.4, -0.2) is 15.0 Å². The normalized spacial score (nSPS) is 13.4. The quantitative estimate of drug-likeness (QED) is 0.783. The Bertz CT molecular complexity index is 696. The molecule has 0 atom stereocenters. The molecule has 0 fully saturated rings. The zero-order valence-corrected chi connectivity index (χ0v) is 10.9. The molecule has 0 bridgehead atoms. The van der Waals surface area contributed by atoms with Gasteiger partial charge in [-0.3, -0.25) is 0 Å². The van der Waals surface area contributed by atoms with E-state index >= 15 is 0 Å². The van der Waals surface area contributed by atoms with Gasteiger partial charge in [0.25, 0.3) is 0 Å². The lowest BCUT2D eigenvalue weighted by molar-refractivity contribution is 0.985.